The van der Waals surface area contributed by atoms with E-state index in [2.05, 4.69) is 31.9 Å². The van der Waals surface area contributed by atoms with Crippen molar-refractivity contribution in [2.45, 2.75) is 37.4 Å². The highest BCUT2D eigenvalue weighted by Gasteiger charge is 2.40. The van der Waals surface area contributed by atoms with Gasteiger partial charge in [-0.1, -0.05) is 29.8 Å². The van der Waals surface area contributed by atoms with Crippen LogP contribution < -0.4 is 10.6 Å². The lowest BCUT2D eigenvalue weighted by molar-refractivity contribution is -0.139. The summed E-state index contributed by atoms with van der Waals surface area (Å²) >= 11 is 12.0. The Balaban J connectivity index is 2.37. The van der Waals surface area contributed by atoms with Gasteiger partial charge >= 0.3 is 18.5 Å². The molecule has 0 aliphatic rings. The Kier molecular flexibility index (Phi) is 10.6. The maximum Gasteiger partial charge on any atom is 0.417 e. The lowest BCUT2D eigenvalue weighted by Crippen LogP contribution is -2.47. The summed E-state index contributed by atoms with van der Waals surface area (Å²) < 4.78 is 119. The van der Waals surface area contributed by atoms with Crippen molar-refractivity contribution in [3.05, 3.63) is 72.6 Å². The molecule has 39 heavy (non-hydrogen) atoms. The first kappa shape index (κ1) is 32.9. The van der Waals surface area contributed by atoms with Gasteiger partial charge in [0.1, 0.15) is 12.6 Å². The van der Waals surface area contributed by atoms with Gasteiger partial charge in [0, 0.05) is 8.95 Å². The summed E-state index contributed by atoms with van der Waals surface area (Å²) in [5, 5.41) is 3.46. The minimum absolute atomic E-state index is 0.111. The van der Waals surface area contributed by atoms with Crippen molar-refractivity contribution in [1.82, 2.24) is 10.6 Å². The molecule has 0 heterocycles. The van der Waals surface area contributed by atoms with Crippen LogP contribution >= 0.6 is 43.5 Å². The molecule has 0 radical (unpaired) electrons. The Hall–Kier alpha value is -2.26. The SMILES string of the molecule is C[C@@H](NC(=O)c1ccc(/C=C/C(c2cc(Br)c(Cl)c(Br)c2)C(F)(F)F)cc1C(F)(F)F)C(=O)NCC(F)(F)F. The van der Waals surface area contributed by atoms with Crippen LogP contribution in [-0.2, 0) is 11.0 Å². The van der Waals surface area contributed by atoms with Gasteiger partial charge in [0.2, 0.25) is 5.91 Å². The molecule has 2 aromatic carbocycles. The first-order valence-corrected chi connectivity index (χ1v) is 12.4. The summed E-state index contributed by atoms with van der Waals surface area (Å²) in [6.07, 6.45) is -13.3. The van der Waals surface area contributed by atoms with Crippen molar-refractivity contribution in [1.29, 1.82) is 0 Å². The number of carbonyl (C=O) groups is 2. The Morgan fingerprint density at radius 1 is 0.974 bits per heavy atom. The number of amides is 2. The molecule has 0 bridgehead atoms. The van der Waals surface area contributed by atoms with E-state index in [-0.39, 0.29) is 25.1 Å². The molecule has 0 saturated heterocycles. The van der Waals surface area contributed by atoms with Crippen LogP contribution in [0.5, 0.6) is 0 Å². The van der Waals surface area contributed by atoms with E-state index in [1.807, 2.05) is 5.32 Å². The second-order valence-corrected chi connectivity index (χ2v) is 10.1. The molecule has 2 aromatic rings. The summed E-state index contributed by atoms with van der Waals surface area (Å²) in [6, 6.07) is 2.63. The van der Waals surface area contributed by atoms with Gasteiger partial charge in [0.05, 0.1) is 22.1 Å². The number of alkyl halides is 9. The summed E-state index contributed by atoms with van der Waals surface area (Å²) in [4.78, 5) is 24.2. The largest absolute Gasteiger partial charge is 0.417 e. The number of rotatable bonds is 7. The molecule has 1 unspecified atom stereocenters. The summed E-state index contributed by atoms with van der Waals surface area (Å²) in [6.45, 7) is -0.761. The number of allylic oxidation sites excluding steroid dienone is 1. The molecule has 2 atom stereocenters. The summed E-state index contributed by atoms with van der Waals surface area (Å²) in [7, 11) is 0. The van der Waals surface area contributed by atoms with Gasteiger partial charge in [-0.05, 0) is 74.2 Å². The molecular formula is C23H16Br2ClF9N2O2. The van der Waals surface area contributed by atoms with E-state index in [9.17, 15) is 49.1 Å². The quantitative estimate of drug-likeness (QED) is 0.225. The minimum Gasteiger partial charge on any atom is -0.345 e. The minimum atomic E-state index is -5.15. The molecule has 0 spiro atoms. The van der Waals surface area contributed by atoms with Gasteiger partial charge in [0.25, 0.3) is 5.91 Å². The van der Waals surface area contributed by atoms with Crippen LogP contribution in [0.1, 0.15) is 39.9 Å². The number of nitrogens with one attached hydrogen (secondary N) is 2. The van der Waals surface area contributed by atoms with Gasteiger partial charge in [-0.3, -0.25) is 9.59 Å². The predicted octanol–water partition coefficient (Wildman–Crippen LogP) is 8.04. The van der Waals surface area contributed by atoms with E-state index in [0.29, 0.717) is 18.2 Å². The molecule has 0 saturated carbocycles. The molecule has 214 valence electrons. The van der Waals surface area contributed by atoms with Crippen molar-refractivity contribution in [3.8, 4) is 0 Å². The Morgan fingerprint density at radius 2 is 1.54 bits per heavy atom. The van der Waals surface area contributed by atoms with Crippen LogP contribution in [0.3, 0.4) is 0 Å². The Labute approximate surface area is 237 Å². The highest BCUT2D eigenvalue weighted by atomic mass is 79.9. The first-order chi connectivity index (χ1) is 17.7. The number of hydrogen-bond donors (Lipinski definition) is 2. The second kappa shape index (κ2) is 12.5. The Bertz CT molecular complexity index is 1240. The van der Waals surface area contributed by atoms with E-state index in [1.165, 1.54) is 5.32 Å². The van der Waals surface area contributed by atoms with Crippen LogP contribution in [0, 0.1) is 0 Å². The maximum atomic E-state index is 13.8. The van der Waals surface area contributed by atoms with Gasteiger partial charge in [-0.25, -0.2) is 0 Å². The van der Waals surface area contributed by atoms with Crippen LogP contribution in [0.4, 0.5) is 39.5 Å². The van der Waals surface area contributed by atoms with Gasteiger partial charge in [-0.15, -0.1) is 0 Å². The van der Waals surface area contributed by atoms with Crippen LogP contribution in [0.15, 0.2) is 45.4 Å². The lowest BCUT2D eigenvalue weighted by atomic mass is 9.96. The highest BCUT2D eigenvalue weighted by molar-refractivity contribution is 9.11. The van der Waals surface area contributed by atoms with Crippen molar-refractivity contribution in [2.24, 2.45) is 0 Å². The smallest absolute Gasteiger partial charge is 0.345 e. The average molecular weight is 719 g/mol. The third kappa shape index (κ3) is 9.41. The molecule has 2 amide bonds. The summed E-state index contributed by atoms with van der Waals surface area (Å²) in [5.41, 5.74) is -3.14. The fourth-order valence-corrected chi connectivity index (χ4v) is 4.48. The molecule has 2 rings (SSSR count). The number of benzene rings is 2. The zero-order chi connectivity index (χ0) is 29.9. The normalized spacial score (nSPS) is 14.3. The average Bonchev–Trinajstić information content (AvgIpc) is 2.78. The van der Waals surface area contributed by atoms with E-state index in [0.717, 1.165) is 31.2 Å². The van der Waals surface area contributed by atoms with Crippen LogP contribution in [-0.4, -0.2) is 36.8 Å². The third-order valence-corrected chi connectivity index (χ3v) is 7.11. The van der Waals surface area contributed by atoms with Gasteiger partial charge in [0.15, 0.2) is 0 Å². The fraction of sp³-hybridized carbons (Fsp3) is 0.304. The van der Waals surface area contributed by atoms with E-state index < -0.39 is 60.0 Å². The van der Waals surface area contributed by atoms with Crippen molar-refractivity contribution in [2.75, 3.05) is 6.54 Å². The van der Waals surface area contributed by atoms with Gasteiger partial charge in [-0.2, -0.15) is 39.5 Å². The molecule has 0 aliphatic carbocycles. The maximum absolute atomic E-state index is 13.8. The molecule has 4 nitrogen and oxygen atoms in total. The van der Waals surface area contributed by atoms with Gasteiger partial charge < -0.3 is 10.6 Å². The molecule has 16 heteroatoms. The monoisotopic (exact) mass is 716 g/mol. The van der Waals surface area contributed by atoms with Crippen LogP contribution in [0.2, 0.25) is 5.02 Å². The van der Waals surface area contributed by atoms with Crippen LogP contribution in [0.25, 0.3) is 6.08 Å². The first-order valence-electron chi connectivity index (χ1n) is 10.5. The summed E-state index contributed by atoms with van der Waals surface area (Å²) in [5.74, 6) is -4.97. The second-order valence-electron chi connectivity index (χ2n) is 8.01. The molecule has 2 N–H and O–H groups in total. The fourth-order valence-electron chi connectivity index (χ4n) is 3.15. The molecule has 0 aromatic heterocycles. The zero-order valence-corrected chi connectivity index (χ0v) is 23.2. The van der Waals surface area contributed by atoms with E-state index in [4.69, 9.17) is 11.6 Å². The zero-order valence-electron chi connectivity index (χ0n) is 19.3. The third-order valence-electron chi connectivity index (χ3n) is 5.00. The molecule has 0 fully saturated rings. The van der Waals surface area contributed by atoms with Crippen molar-refractivity contribution < 1.29 is 49.1 Å². The van der Waals surface area contributed by atoms with Crippen molar-refractivity contribution >= 4 is 61.4 Å². The number of carbonyl (C=O) groups excluding carboxylic acids is 2. The topological polar surface area (TPSA) is 58.2 Å². The number of hydrogen-bond acceptors (Lipinski definition) is 2. The molecule has 0 aliphatic heterocycles. The number of halogens is 12. The standard InChI is InChI=1S/C23H16Br2ClF9N2O2/c1-10(19(38)36-9-21(27,28)29)37-20(39)13-4-2-11(6-15(13)23(33,34)35)3-5-14(22(30,31)32)12-7-16(24)18(26)17(25)8-12/h2-8,10,14H,9H2,1H3,(H,36,38)(H,37,39)/b5-3+/t10-,14?/m1/s1. The van der Waals surface area contributed by atoms with E-state index >= 15 is 0 Å². The Morgan fingerprint density at radius 3 is 2.03 bits per heavy atom. The lowest BCUT2D eigenvalue weighted by Gasteiger charge is -2.19. The highest BCUT2D eigenvalue weighted by Crippen LogP contribution is 2.41. The predicted molar refractivity (Wildman–Crippen MR) is 132 cm³/mol. The van der Waals surface area contributed by atoms with Crippen molar-refractivity contribution in [3.63, 3.8) is 0 Å². The molecular weight excluding hydrogens is 703 g/mol. The van der Waals surface area contributed by atoms with E-state index in [1.54, 1.807) is 0 Å².